The van der Waals surface area contributed by atoms with Crippen LogP contribution < -0.4 is 0 Å². The Kier molecular flexibility index (Phi) is 4.93. The molecule has 0 saturated heterocycles. The van der Waals surface area contributed by atoms with Crippen molar-refractivity contribution in [2.75, 3.05) is 6.61 Å². The minimum atomic E-state index is -0.271. The maximum atomic E-state index is 12.2. The summed E-state index contributed by atoms with van der Waals surface area (Å²) < 4.78 is 5.77. The SMILES string of the molecule is C=C(C)CC(OCC1CC1)C(=O)CC(C)(C)C. The van der Waals surface area contributed by atoms with Gasteiger partial charge in [-0.05, 0) is 31.1 Å². The van der Waals surface area contributed by atoms with E-state index in [1.165, 1.54) is 12.8 Å². The zero-order chi connectivity index (χ0) is 13.1. The standard InChI is InChI=1S/C15H26O2/c1-11(2)8-14(17-10-12-6-7-12)13(16)9-15(3,4)5/h12,14H,1,6-10H2,2-5H3. The highest BCUT2D eigenvalue weighted by Crippen LogP contribution is 2.30. The highest BCUT2D eigenvalue weighted by Gasteiger charge is 2.28. The van der Waals surface area contributed by atoms with Crippen molar-refractivity contribution < 1.29 is 9.53 Å². The van der Waals surface area contributed by atoms with Crippen LogP contribution in [0, 0.1) is 11.3 Å². The van der Waals surface area contributed by atoms with Crippen LogP contribution in [0.3, 0.4) is 0 Å². The van der Waals surface area contributed by atoms with Crippen LogP contribution in [-0.2, 0) is 9.53 Å². The highest BCUT2D eigenvalue weighted by atomic mass is 16.5. The molecule has 1 aliphatic carbocycles. The first kappa shape index (κ1) is 14.4. The van der Waals surface area contributed by atoms with E-state index < -0.39 is 0 Å². The normalized spacial score (nSPS) is 17.9. The van der Waals surface area contributed by atoms with Crippen LogP contribution in [0.15, 0.2) is 12.2 Å². The van der Waals surface area contributed by atoms with Crippen LogP contribution in [0.2, 0.25) is 0 Å². The van der Waals surface area contributed by atoms with E-state index in [4.69, 9.17) is 4.74 Å². The lowest BCUT2D eigenvalue weighted by atomic mass is 9.87. The van der Waals surface area contributed by atoms with Crippen molar-refractivity contribution in [1.82, 2.24) is 0 Å². The number of carbonyl (C=O) groups excluding carboxylic acids is 1. The first-order valence-electron chi connectivity index (χ1n) is 6.56. The van der Waals surface area contributed by atoms with Gasteiger partial charge in [0, 0.05) is 12.8 Å². The summed E-state index contributed by atoms with van der Waals surface area (Å²) in [6.45, 7) is 12.8. The van der Waals surface area contributed by atoms with E-state index in [9.17, 15) is 4.79 Å². The lowest BCUT2D eigenvalue weighted by Crippen LogP contribution is -2.29. The smallest absolute Gasteiger partial charge is 0.162 e. The van der Waals surface area contributed by atoms with E-state index in [1.807, 2.05) is 6.92 Å². The van der Waals surface area contributed by atoms with Crippen molar-refractivity contribution in [3.63, 3.8) is 0 Å². The molecule has 0 aliphatic heterocycles. The fraction of sp³-hybridized carbons (Fsp3) is 0.800. The van der Waals surface area contributed by atoms with Gasteiger partial charge in [-0.3, -0.25) is 4.79 Å². The molecule has 1 atom stereocenters. The van der Waals surface area contributed by atoms with Crippen molar-refractivity contribution in [3.05, 3.63) is 12.2 Å². The van der Waals surface area contributed by atoms with Crippen LogP contribution in [0.4, 0.5) is 0 Å². The second-order valence-corrected chi connectivity index (χ2v) is 6.63. The van der Waals surface area contributed by atoms with Crippen LogP contribution in [0.25, 0.3) is 0 Å². The summed E-state index contributed by atoms with van der Waals surface area (Å²) >= 11 is 0. The predicted molar refractivity (Wildman–Crippen MR) is 71.0 cm³/mol. The Balaban J connectivity index is 2.47. The maximum absolute atomic E-state index is 12.2. The summed E-state index contributed by atoms with van der Waals surface area (Å²) in [5.41, 5.74) is 1.06. The van der Waals surface area contributed by atoms with Gasteiger partial charge in [-0.15, -0.1) is 6.58 Å². The highest BCUT2D eigenvalue weighted by molar-refractivity contribution is 5.83. The van der Waals surface area contributed by atoms with Crippen molar-refractivity contribution in [2.45, 2.75) is 59.5 Å². The summed E-state index contributed by atoms with van der Waals surface area (Å²) in [5.74, 6) is 0.922. The number of carbonyl (C=O) groups is 1. The molecular weight excluding hydrogens is 212 g/mol. The molecule has 98 valence electrons. The van der Waals surface area contributed by atoms with Crippen LogP contribution in [0.5, 0.6) is 0 Å². The molecule has 1 saturated carbocycles. The van der Waals surface area contributed by atoms with E-state index in [2.05, 4.69) is 27.4 Å². The van der Waals surface area contributed by atoms with E-state index in [0.29, 0.717) is 18.8 Å². The Morgan fingerprint density at radius 3 is 2.41 bits per heavy atom. The Morgan fingerprint density at radius 1 is 1.41 bits per heavy atom. The maximum Gasteiger partial charge on any atom is 0.162 e. The molecule has 0 aromatic rings. The van der Waals surface area contributed by atoms with Crippen molar-refractivity contribution in [3.8, 4) is 0 Å². The van der Waals surface area contributed by atoms with Gasteiger partial charge in [-0.2, -0.15) is 0 Å². The number of Topliss-reactive ketones (excluding diaryl/α,β-unsaturated/α-hetero) is 1. The van der Waals surface area contributed by atoms with Gasteiger partial charge in [-0.25, -0.2) is 0 Å². The largest absolute Gasteiger partial charge is 0.370 e. The zero-order valence-corrected chi connectivity index (χ0v) is 11.7. The molecule has 0 aromatic carbocycles. The molecule has 2 heteroatoms. The van der Waals surface area contributed by atoms with E-state index in [1.54, 1.807) is 0 Å². The molecule has 0 aromatic heterocycles. The van der Waals surface area contributed by atoms with Gasteiger partial charge < -0.3 is 4.74 Å². The first-order valence-corrected chi connectivity index (χ1v) is 6.56. The molecule has 0 radical (unpaired) electrons. The number of ether oxygens (including phenoxy) is 1. The number of ketones is 1. The van der Waals surface area contributed by atoms with Gasteiger partial charge in [0.05, 0.1) is 6.61 Å². The van der Waals surface area contributed by atoms with Crippen LogP contribution in [-0.4, -0.2) is 18.5 Å². The van der Waals surface area contributed by atoms with Gasteiger partial charge in [0.25, 0.3) is 0 Å². The molecule has 1 rings (SSSR count). The molecular formula is C15H26O2. The number of rotatable bonds is 7. The fourth-order valence-electron chi connectivity index (χ4n) is 1.76. The number of hydrogen-bond acceptors (Lipinski definition) is 2. The van der Waals surface area contributed by atoms with E-state index >= 15 is 0 Å². The summed E-state index contributed by atoms with van der Waals surface area (Å²) in [5, 5.41) is 0. The summed E-state index contributed by atoms with van der Waals surface area (Å²) in [6, 6.07) is 0. The average Bonchev–Trinajstić information content (AvgIpc) is 2.91. The van der Waals surface area contributed by atoms with Gasteiger partial charge >= 0.3 is 0 Å². The third-order valence-electron chi connectivity index (χ3n) is 2.83. The molecule has 2 nitrogen and oxygen atoms in total. The van der Waals surface area contributed by atoms with Crippen LogP contribution in [0.1, 0.15) is 53.4 Å². The monoisotopic (exact) mass is 238 g/mol. The zero-order valence-electron chi connectivity index (χ0n) is 11.7. The molecule has 0 amide bonds. The molecule has 1 fully saturated rings. The van der Waals surface area contributed by atoms with Gasteiger partial charge in [-0.1, -0.05) is 26.3 Å². The van der Waals surface area contributed by atoms with Crippen molar-refractivity contribution in [2.24, 2.45) is 11.3 Å². The van der Waals surface area contributed by atoms with Crippen molar-refractivity contribution in [1.29, 1.82) is 0 Å². The Hall–Kier alpha value is -0.630. The second-order valence-electron chi connectivity index (χ2n) is 6.63. The lowest BCUT2D eigenvalue weighted by molar-refractivity contribution is -0.132. The molecule has 17 heavy (non-hydrogen) atoms. The molecule has 0 spiro atoms. The minimum absolute atomic E-state index is 0.0351. The predicted octanol–water partition coefficient (Wildman–Crippen LogP) is 3.75. The summed E-state index contributed by atoms with van der Waals surface area (Å²) in [6.07, 6.45) is 3.49. The Bertz CT molecular complexity index is 282. The Morgan fingerprint density at radius 2 is 2.00 bits per heavy atom. The minimum Gasteiger partial charge on any atom is -0.370 e. The molecule has 0 bridgehead atoms. The molecule has 0 heterocycles. The van der Waals surface area contributed by atoms with Gasteiger partial charge in [0.2, 0.25) is 0 Å². The summed E-state index contributed by atoms with van der Waals surface area (Å²) in [4.78, 5) is 12.2. The fourth-order valence-corrected chi connectivity index (χ4v) is 1.76. The average molecular weight is 238 g/mol. The van der Waals surface area contributed by atoms with Gasteiger partial charge in [0.15, 0.2) is 5.78 Å². The van der Waals surface area contributed by atoms with Crippen molar-refractivity contribution >= 4 is 5.78 Å². The second kappa shape index (κ2) is 5.81. The Labute approximate surface area is 105 Å². The molecule has 1 unspecified atom stereocenters. The molecule has 1 aliphatic rings. The topological polar surface area (TPSA) is 26.3 Å². The summed E-state index contributed by atoms with van der Waals surface area (Å²) in [7, 11) is 0. The third-order valence-corrected chi connectivity index (χ3v) is 2.83. The quantitative estimate of drug-likeness (QED) is 0.631. The molecule has 0 N–H and O–H groups in total. The lowest BCUT2D eigenvalue weighted by Gasteiger charge is -2.22. The first-order chi connectivity index (χ1) is 7.78. The number of hydrogen-bond donors (Lipinski definition) is 0. The third kappa shape index (κ3) is 6.62. The van der Waals surface area contributed by atoms with Gasteiger partial charge in [0.1, 0.15) is 6.10 Å². The van der Waals surface area contributed by atoms with Crippen LogP contribution >= 0.6 is 0 Å². The van der Waals surface area contributed by atoms with E-state index in [0.717, 1.165) is 12.2 Å². The van der Waals surface area contributed by atoms with E-state index in [-0.39, 0.29) is 17.3 Å².